The third kappa shape index (κ3) is 3.60. The zero-order valence-corrected chi connectivity index (χ0v) is 11.0. The molecule has 1 heterocycles. The number of anilines is 1. The molecule has 1 aromatic rings. The Hall–Kier alpha value is -1.29. The summed E-state index contributed by atoms with van der Waals surface area (Å²) in [6, 6.07) is 3.13. The van der Waals surface area contributed by atoms with Crippen molar-refractivity contribution in [1.29, 1.82) is 0 Å². The van der Waals surface area contributed by atoms with Crippen LogP contribution in [0.2, 0.25) is 0 Å². The largest absolute Gasteiger partial charge is 0.398 e. The van der Waals surface area contributed by atoms with E-state index in [0.29, 0.717) is 24.9 Å². The van der Waals surface area contributed by atoms with Gasteiger partial charge in [-0.25, -0.2) is 0 Å². The van der Waals surface area contributed by atoms with Crippen molar-refractivity contribution in [1.82, 2.24) is 4.57 Å². The van der Waals surface area contributed by atoms with Crippen LogP contribution in [-0.2, 0) is 11.3 Å². The van der Waals surface area contributed by atoms with Gasteiger partial charge in [0.1, 0.15) is 0 Å². The number of nitrogen functional groups attached to an aromatic ring is 1. The van der Waals surface area contributed by atoms with Crippen LogP contribution in [0.4, 0.5) is 5.69 Å². The fraction of sp³-hybridized carbons (Fsp3) is 0.643. The monoisotopic (exact) mass is 250 g/mol. The molecule has 0 spiro atoms. The Labute approximate surface area is 108 Å². The summed E-state index contributed by atoms with van der Waals surface area (Å²) in [4.78, 5) is 11.6. The number of nitrogens with zero attached hydrogens (tertiary/aromatic N) is 1. The lowest BCUT2D eigenvalue weighted by Gasteiger charge is -2.26. The molecule has 0 amide bonds. The number of aromatic nitrogens is 1. The van der Waals surface area contributed by atoms with Gasteiger partial charge in [-0.1, -0.05) is 19.8 Å². The Kier molecular flexibility index (Phi) is 4.42. The van der Waals surface area contributed by atoms with E-state index in [1.807, 2.05) is 0 Å². The van der Waals surface area contributed by atoms with E-state index < -0.39 is 0 Å². The van der Waals surface area contributed by atoms with Crippen LogP contribution >= 0.6 is 0 Å². The third-order valence-corrected chi connectivity index (χ3v) is 3.58. The highest BCUT2D eigenvalue weighted by atomic mass is 16.5. The molecular weight excluding hydrogens is 228 g/mol. The summed E-state index contributed by atoms with van der Waals surface area (Å²) in [5, 5.41) is 0. The molecule has 4 heteroatoms. The minimum absolute atomic E-state index is 0.0233. The molecule has 2 rings (SSSR count). The first-order chi connectivity index (χ1) is 8.65. The first kappa shape index (κ1) is 13.1. The first-order valence-corrected chi connectivity index (χ1v) is 6.72. The van der Waals surface area contributed by atoms with E-state index >= 15 is 0 Å². The zero-order valence-electron chi connectivity index (χ0n) is 11.0. The van der Waals surface area contributed by atoms with Crippen molar-refractivity contribution >= 4 is 5.69 Å². The highest BCUT2D eigenvalue weighted by Gasteiger charge is 2.18. The van der Waals surface area contributed by atoms with E-state index in [0.717, 1.165) is 18.8 Å². The molecule has 1 fully saturated rings. The fourth-order valence-electron chi connectivity index (χ4n) is 2.57. The van der Waals surface area contributed by atoms with Crippen LogP contribution in [0.3, 0.4) is 0 Å². The molecule has 2 N–H and O–H groups in total. The summed E-state index contributed by atoms with van der Waals surface area (Å²) >= 11 is 0. The first-order valence-electron chi connectivity index (χ1n) is 6.72. The second-order valence-electron chi connectivity index (χ2n) is 5.26. The average Bonchev–Trinajstić information content (AvgIpc) is 2.34. The molecule has 100 valence electrons. The highest BCUT2D eigenvalue weighted by Crippen LogP contribution is 2.25. The van der Waals surface area contributed by atoms with Crippen molar-refractivity contribution in [2.75, 3.05) is 12.3 Å². The van der Waals surface area contributed by atoms with Gasteiger partial charge in [0.15, 0.2) is 0 Å². The zero-order chi connectivity index (χ0) is 13.0. The minimum Gasteiger partial charge on any atom is -0.398 e. The quantitative estimate of drug-likeness (QED) is 0.889. The number of pyridine rings is 1. The van der Waals surface area contributed by atoms with Crippen LogP contribution in [0.1, 0.15) is 32.6 Å². The number of rotatable bonds is 4. The van der Waals surface area contributed by atoms with Crippen molar-refractivity contribution in [2.45, 2.75) is 45.3 Å². The molecule has 1 aliphatic carbocycles. The molecule has 1 aliphatic rings. The Morgan fingerprint density at radius 2 is 2.28 bits per heavy atom. The van der Waals surface area contributed by atoms with Gasteiger partial charge in [-0.3, -0.25) is 4.79 Å². The van der Waals surface area contributed by atoms with E-state index in [1.54, 1.807) is 16.8 Å². The van der Waals surface area contributed by atoms with Gasteiger partial charge in [0.05, 0.1) is 12.7 Å². The molecule has 0 aliphatic heterocycles. The number of hydrogen-bond donors (Lipinski definition) is 1. The van der Waals surface area contributed by atoms with Gasteiger partial charge in [-0.05, 0) is 24.8 Å². The lowest BCUT2D eigenvalue weighted by Crippen LogP contribution is -2.26. The molecule has 1 saturated carbocycles. The van der Waals surface area contributed by atoms with Crippen molar-refractivity contribution in [3.05, 3.63) is 28.7 Å². The SMILES string of the molecule is CC1CCCC(OCCn2cc(N)ccc2=O)C1. The Balaban J connectivity index is 1.81. The van der Waals surface area contributed by atoms with Gasteiger partial charge in [-0.15, -0.1) is 0 Å². The average molecular weight is 250 g/mol. The fourth-order valence-corrected chi connectivity index (χ4v) is 2.57. The summed E-state index contributed by atoms with van der Waals surface area (Å²) in [6.45, 7) is 3.44. The maximum absolute atomic E-state index is 11.6. The summed E-state index contributed by atoms with van der Waals surface area (Å²) < 4.78 is 7.46. The molecule has 4 nitrogen and oxygen atoms in total. The van der Waals surface area contributed by atoms with E-state index in [9.17, 15) is 4.79 Å². The molecule has 0 radical (unpaired) electrons. The Bertz CT molecular complexity index is 442. The summed E-state index contributed by atoms with van der Waals surface area (Å²) in [7, 11) is 0. The third-order valence-electron chi connectivity index (χ3n) is 3.58. The molecule has 2 atom stereocenters. The van der Waals surface area contributed by atoms with Crippen molar-refractivity contribution in [2.24, 2.45) is 5.92 Å². The smallest absolute Gasteiger partial charge is 0.250 e. The normalized spacial score (nSPS) is 24.1. The van der Waals surface area contributed by atoms with Gasteiger partial charge < -0.3 is 15.0 Å². The molecule has 18 heavy (non-hydrogen) atoms. The predicted octanol–water partition coefficient (Wildman–Crippen LogP) is 2.03. The van der Waals surface area contributed by atoms with Crippen LogP contribution < -0.4 is 11.3 Å². The molecule has 0 aromatic carbocycles. The molecule has 0 bridgehead atoms. The van der Waals surface area contributed by atoms with Gasteiger partial charge >= 0.3 is 0 Å². The summed E-state index contributed by atoms with van der Waals surface area (Å²) in [5.41, 5.74) is 6.25. The van der Waals surface area contributed by atoms with Crippen LogP contribution in [0.15, 0.2) is 23.1 Å². The van der Waals surface area contributed by atoms with Crippen molar-refractivity contribution in [3.8, 4) is 0 Å². The molecule has 0 saturated heterocycles. The lowest BCUT2D eigenvalue weighted by atomic mass is 9.89. The summed E-state index contributed by atoms with van der Waals surface area (Å²) in [5.74, 6) is 0.763. The standard InChI is InChI=1S/C14H22N2O2/c1-11-3-2-4-13(9-11)18-8-7-16-10-12(15)5-6-14(16)17/h5-6,10-11,13H,2-4,7-9,15H2,1H3. The minimum atomic E-state index is -0.0233. The second-order valence-corrected chi connectivity index (χ2v) is 5.26. The van der Waals surface area contributed by atoms with Crippen molar-refractivity contribution < 1.29 is 4.74 Å². The van der Waals surface area contributed by atoms with Crippen molar-refractivity contribution in [3.63, 3.8) is 0 Å². The molecule has 2 unspecified atom stereocenters. The van der Waals surface area contributed by atoms with Crippen LogP contribution in [0.25, 0.3) is 0 Å². The number of hydrogen-bond acceptors (Lipinski definition) is 3. The van der Waals surface area contributed by atoms with Gasteiger partial charge in [0, 0.05) is 24.5 Å². The molecule has 1 aromatic heterocycles. The van der Waals surface area contributed by atoms with Crippen LogP contribution in [-0.4, -0.2) is 17.3 Å². The van der Waals surface area contributed by atoms with Gasteiger partial charge in [0.25, 0.3) is 5.56 Å². The maximum atomic E-state index is 11.6. The molecular formula is C14H22N2O2. The van der Waals surface area contributed by atoms with E-state index in [4.69, 9.17) is 10.5 Å². The number of ether oxygens (including phenoxy) is 1. The van der Waals surface area contributed by atoms with Gasteiger partial charge in [-0.2, -0.15) is 0 Å². The Morgan fingerprint density at radius 3 is 3.06 bits per heavy atom. The summed E-state index contributed by atoms with van der Waals surface area (Å²) in [6.07, 6.45) is 6.90. The van der Waals surface area contributed by atoms with Crippen LogP contribution in [0, 0.1) is 5.92 Å². The maximum Gasteiger partial charge on any atom is 0.250 e. The van der Waals surface area contributed by atoms with Crippen LogP contribution in [0.5, 0.6) is 0 Å². The second kappa shape index (κ2) is 6.05. The van der Waals surface area contributed by atoms with Gasteiger partial charge in [0.2, 0.25) is 0 Å². The van der Waals surface area contributed by atoms with E-state index in [-0.39, 0.29) is 5.56 Å². The highest BCUT2D eigenvalue weighted by molar-refractivity contribution is 5.33. The predicted molar refractivity (Wildman–Crippen MR) is 72.5 cm³/mol. The lowest BCUT2D eigenvalue weighted by molar-refractivity contribution is 0.0114. The number of nitrogens with two attached hydrogens (primary N) is 1. The van der Waals surface area contributed by atoms with E-state index in [1.165, 1.54) is 18.9 Å². The Morgan fingerprint density at radius 1 is 1.44 bits per heavy atom. The van der Waals surface area contributed by atoms with E-state index in [2.05, 4.69) is 6.92 Å². The topological polar surface area (TPSA) is 57.2 Å².